The van der Waals surface area contributed by atoms with Crippen LogP contribution in [0.3, 0.4) is 0 Å². The molecule has 1 aliphatic rings. The first kappa shape index (κ1) is 21.9. The average Bonchev–Trinajstić information content (AvgIpc) is 3.20. The highest BCUT2D eigenvalue weighted by Crippen LogP contribution is 2.36. The van der Waals surface area contributed by atoms with Gasteiger partial charge in [0.2, 0.25) is 0 Å². The normalized spacial score (nSPS) is 16.5. The van der Waals surface area contributed by atoms with Crippen molar-refractivity contribution in [3.8, 4) is 5.75 Å². The molecule has 0 amide bonds. The Hall–Kier alpha value is -2.28. The van der Waals surface area contributed by atoms with Crippen molar-refractivity contribution in [2.75, 3.05) is 26.7 Å². The van der Waals surface area contributed by atoms with Crippen LogP contribution in [-0.2, 0) is 9.53 Å². The summed E-state index contributed by atoms with van der Waals surface area (Å²) in [6.45, 7) is 4.25. The number of fused-ring (bicyclic) bond motifs is 1. The Balaban J connectivity index is 1.56. The van der Waals surface area contributed by atoms with Crippen LogP contribution in [-0.4, -0.2) is 48.5 Å². The van der Waals surface area contributed by atoms with Gasteiger partial charge in [-0.2, -0.15) is 0 Å². The SMILES string of the molecule is CC(=O)CCCOc1cccc(C(OC2CCN(C)CC2)c2nc3ccccc3s2)c1. The number of likely N-dealkylation sites (tertiary alicyclic amines) is 1. The molecule has 2 aromatic carbocycles. The molecule has 0 N–H and O–H groups in total. The maximum Gasteiger partial charge on any atom is 0.135 e. The molecule has 2 heterocycles. The molecule has 0 aliphatic carbocycles. The van der Waals surface area contributed by atoms with Crippen LogP contribution in [0.2, 0.25) is 0 Å². The fourth-order valence-corrected chi connectivity index (χ4v) is 4.91. The Kier molecular flexibility index (Phi) is 7.33. The van der Waals surface area contributed by atoms with Crippen LogP contribution in [0.15, 0.2) is 48.5 Å². The van der Waals surface area contributed by atoms with Gasteiger partial charge in [-0.25, -0.2) is 4.98 Å². The van der Waals surface area contributed by atoms with Gasteiger partial charge in [-0.15, -0.1) is 11.3 Å². The Labute approximate surface area is 188 Å². The van der Waals surface area contributed by atoms with Crippen molar-refractivity contribution in [3.05, 3.63) is 59.1 Å². The van der Waals surface area contributed by atoms with Gasteiger partial charge in [0.25, 0.3) is 0 Å². The van der Waals surface area contributed by atoms with E-state index in [0.717, 1.165) is 54.2 Å². The van der Waals surface area contributed by atoms with Crippen LogP contribution in [0.5, 0.6) is 5.75 Å². The summed E-state index contributed by atoms with van der Waals surface area (Å²) in [5.41, 5.74) is 2.07. The lowest BCUT2D eigenvalue weighted by Gasteiger charge is -2.31. The topological polar surface area (TPSA) is 51.7 Å². The van der Waals surface area contributed by atoms with Crippen molar-refractivity contribution >= 4 is 27.3 Å². The maximum atomic E-state index is 11.2. The zero-order valence-corrected chi connectivity index (χ0v) is 19.1. The van der Waals surface area contributed by atoms with Gasteiger partial charge in [0.15, 0.2) is 0 Å². The molecule has 1 aromatic heterocycles. The Bertz CT molecular complexity index is 978. The van der Waals surface area contributed by atoms with E-state index in [1.807, 2.05) is 24.3 Å². The first-order chi connectivity index (χ1) is 15.1. The number of hydrogen-bond acceptors (Lipinski definition) is 6. The van der Waals surface area contributed by atoms with E-state index in [1.165, 1.54) is 4.70 Å². The number of benzene rings is 2. The first-order valence-corrected chi connectivity index (χ1v) is 11.8. The third kappa shape index (κ3) is 5.91. The second-order valence-corrected chi connectivity index (χ2v) is 9.33. The van der Waals surface area contributed by atoms with E-state index in [9.17, 15) is 4.79 Å². The summed E-state index contributed by atoms with van der Waals surface area (Å²) in [5.74, 6) is 0.999. The molecule has 0 radical (unpaired) electrons. The van der Waals surface area contributed by atoms with Gasteiger partial charge in [-0.1, -0.05) is 24.3 Å². The largest absolute Gasteiger partial charge is 0.494 e. The number of para-hydroxylation sites is 1. The maximum absolute atomic E-state index is 11.2. The van der Waals surface area contributed by atoms with Crippen molar-refractivity contribution in [3.63, 3.8) is 0 Å². The molecular formula is C25H30N2O3S. The lowest BCUT2D eigenvalue weighted by Crippen LogP contribution is -2.35. The summed E-state index contributed by atoms with van der Waals surface area (Å²) in [6.07, 6.45) is 3.33. The summed E-state index contributed by atoms with van der Waals surface area (Å²) in [6, 6.07) is 16.3. The predicted octanol–water partition coefficient (Wildman–Crippen LogP) is 5.24. The van der Waals surface area contributed by atoms with Gasteiger partial charge in [0.1, 0.15) is 22.6 Å². The van der Waals surface area contributed by atoms with Gasteiger partial charge in [-0.3, -0.25) is 0 Å². The molecule has 5 nitrogen and oxygen atoms in total. The molecule has 1 atom stereocenters. The standard InChI is InChI=1S/C25H30N2O3S/c1-18(28)7-6-16-29-21-9-5-8-19(17-21)24(30-20-12-14-27(2)15-13-20)25-26-22-10-3-4-11-23(22)31-25/h3-5,8-11,17,20,24H,6-7,12-16H2,1-2H3. The number of ketones is 1. The minimum atomic E-state index is -0.216. The number of hydrogen-bond donors (Lipinski definition) is 0. The fourth-order valence-electron chi connectivity index (χ4n) is 3.87. The monoisotopic (exact) mass is 438 g/mol. The molecule has 1 saturated heterocycles. The van der Waals surface area contributed by atoms with E-state index in [2.05, 4.69) is 36.2 Å². The van der Waals surface area contributed by atoms with Crippen molar-refractivity contribution in [1.82, 2.24) is 9.88 Å². The summed E-state index contributed by atoms with van der Waals surface area (Å²) in [5, 5.41) is 0.980. The molecule has 164 valence electrons. The molecular weight excluding hydrogens is 408 g/mol. The highest BCUT2D eigenvalue weighted by Gasteiger charge is 2.26. The number of thiazole rings is 1. The third-order valence-electron chi connectivity index (χ3n) is 5.63. The molecule has 0 spiro atoms. The second kappa shape index (κ2) is 10.4. The number of carbonyl (C=O) groups is 1. The highest BCUT2D eigenvalue weighted by molar-refractivity contribution is 7.18. The molecule has 4 rings (SSSR count). The van der Waals surface area contributed by atoms with Crippen molar-refractivity contribution in [1.29, 1.82) is 0 Å². The molecule has 31 heavy (non-hydrogen) atoms. The number of ether oxygens (including phenoxy) is 2. The molecule has 1 aliphatic heterocycles. The minimum Gasteiger partial charge on any atom is -0.494 e. The number of aromatic nitrogens is 1. The van der Waals surface area contributed by atoms with E-state index in [-0.39, 0.29) is 18.0 Å². The minimum absolute atomic E-state index is 0.194. The molecule has 1 unspecified atom stereocenters. The van der Waals surface area contributed by atoms with Crippen LogP contribution in [0, 0.1) is 0 Å². The lowest BCUT2D eigenvalue weighted by molar-refractivity contribution is -0.117. The Morgan fingerprint density at radius 1 is 1.19 bits per heavy atom. The van der Waals surface area contributed by atoms with Crippen molar-refractivity contribution in [2.45, 2.75) is 44.8 Å². The number of nitrogens with zero attached hydrogens (tertiary/aromatic N) is 2. The van der Waals surface area contributed by atoms with Crippen molar-refractivity contribution < 1.29 is 14.3 Å². The Morgan fingerprint density at radius 2 is 2.00 bits per heavy atom. The van der Waals surface area contributed by atoms with E-state index in [1.54, 1.807) is 18.3 Å². The third-order valence-corrected chi connectivity index (χ3v) is 6.71. The van der Waals surface area contributed by atoms with E-state index < -0.39 is 0 Å². The molecule has 6 heteroatoms. The fraction of sp³-hybridized carbons (Fsp3) is 0.440. The number of rotatable bonds is 9. The summed E-state index contributed by atoms with van der Waals surface area (Å²) >= 11 is 1.70. The molecule has 0 bridgehead atoms. The van der Waals surface area contributed by atoms with E-state index in [4.69, 9.17) is 14.5 Å². The van der Waals surface area contributed by atoms with Crippen molar-refractivity contribution in [2.24, 2.45) is 0 Å². The number of carbonyl (C=O) groups excluding carboxylic acids is 1. The summed E-state index contributed by atoms with van der Waals surface area (Å²) in [4.78, 5) is 18.4. The van der Waals surface area contributed by atoms with Crippen LogP contribution in [0.25, 0.3) is 10.2 Å². The lowest BCUT2D eigenvalue weighted by atomic mass is 10.1. The first-order valence-electron chi connectivity index (χ1n) is 11.0. The van der Waals surface area contributed by atoms with Crippen LogP contribution >= 0.6 is 11.3 Å². The molecule has 1 fully saturated rings. The van der Waals surface area contributed by atoms with Gasteiger partial charge in [0, 0.05) is 19.5 Å². The zero-order chi connectivity index (χ0) is 21.6. The Morgan fingerprint density at radius 3 is 2.77 bits per heavy atom. The van der Waals surface area contributed by atoms with Gasteiger partial charge in [-0.05, 0) is 63.1 Å². The van der Waals surface area contributed by atoms with Gasteiger partial charge in [0.05, 0.1) is 22.9 Å². The predicted molar refractivity (Wildman–Crippen MR) is 125 cm³/mol. The molecule has 0 saturated carbocycles. The van der Waals surface area contributed by atoms with Crippen LogP contribution in [0.4, 0.5) is 0 Å². The van der Waals surface area contributed by atoms with Gasteiger partial charge < -0.3 is 19.2 Å². The van der Waals surface area contributed by atoms with Crippen LogP contribution < -0.4 is 4.74 Å². The van der Waals surface area contributed by atoms with Crippen LogP contribution in [0.1, 0.15) is 49.3 Å². The highest BCUT2D eigenvalue weighted by atomic mass is 32.1. The molecule has 3 aromatic rings. The van der Waals surface area contributed by atoms with Gasteiger partial charge >= 0.3 is 0 Å². The zero-order valence-electron chi connectivity index (χ0n) is 18.3. The second-order valence-electron chi connectivity index (χ2n) is 8.27. The summed E-state index contributed by atoms with van der Waals surface area (Å²) in [7, 11) is 2.16. The number of Topliss-reactive ketones (excluding diaryl/α,β-unsaturated/α-hetero) is 1. The number of piperidine rings is 1. The smallest absolute Gasteiger partial charge is 0.135 e. The van der Waals surface area contributed by atoms with E-state index >= 15 is 0 Å². The van der Waals surface area contributed by atoms with E-state index in [0.29, 0.717) is 13.0 Å². The summed E-state index contributed by atoms with van der Waals surface area (Å²) < 4.78 is 13.8. The average molecular weight is 439 g/mol. The quantitative estimate of drug-likeness (QED) is 0.428.